The molecule has 3 aliphatic rings. The minimum absolute atomic E-state index is 0.000125. The lowest BCUT2D eigenvalue weighted by atomic mass is 10.00. The molecule has 0 spiro atoms. The highest BCUT2D eigenvalue weighted by Gasteiger charge is 2.49. The van der Waals surface area contributed by atoms with Gasteiger partial charge >= 0.3 is 18.4 Å². The fraction of sp³-hybridized carbons (Fsp3) is 0.452. The lowest BCUT2D eigenvalue weighted by Gasteiger charge is -2.52. The third-order valence-corrected chi connectivity index (χ3v) is 8.17. The Bertz CT molecular complexity index is 1400. The van der Waals surface area contributed by atoms with Crippen molar-refractivity contribution in [2.75, 3.05) is 32.7 Å². The van der Waals surface area contributed by atoms with E-state index in [0.29, 0.717) is 31.6 Å². The zero-order valence-electron chi connectivity index (χ0n) is 24.2. The van der Waals surface area contributed by atoms with Gasteiger partial charge in [-0.2, -0.15) is 26.3 Å². The Hall–Kier alpha value is -4.07. The molecule has 0 aromatic heterocycles. The van der Waals surface area contributed by atoms with E-state index < -0.39 is 54.0 Å². The van der Waals surface area contributed by atoms with Crippen LogP contribution in [0, 0.1) is 0 Å². The maximum atomic E-state index is 13.8. The molecule has 45 heavy (non-hydrogen) atoms. The van der Waals surface area contributed by atoms with Gasteiger partial charge in [-0.15, -0.1) is 0 Å². The Morgan fingerprint density at radius 1 is 0.889 bits per heavy atom. The van der Waals surface area contributed by atoms with E-state index in [1.807, 2.05) is 36.4 Å². The topological polar surface area (TPSA) is 73.4 Å². The highest BCUT2D eigenvalue weighted by Crippen LogP contribution is 2.37. The number of amides is 3. The van der Waals surface area contributed by atoms with Crippen LogP contribution in [0.5, 0.6) is 0 Å². The van der Waals surface area contributed by atoms with Gasteiger partial charge in [-0.1, -0.05) is 42.5 Å². The summed E-state index contributed by atoms with van der Waals surface area (Å²) >= 11 is 0. The Balaban J connectivity index is 1.37. The molecule has 5 rings (SSSR count). The van der Waals surface area contributed by atoms with Gasteiger partial charge in [0.1, 0.15) is 18.8 Å². The SMILES string of the molecule is O=C1[C@H](CCN2CC=CCC2)N2C(=O)CCN(C(=O)OCc3cc(C(F)(F)F)cc(C(F)(F)F)c3)[C@H]2CN1Cc1ccccc1. The first-order valence-corrected chi connectivity index (χ1v) is 14.5. The van der Waals surface area contributed by atoms with E-state index in [9.17, 15) is 40.7 Å². The van der Waals surface area contributed by atoms with Gasteiger partial charge in [-0.05, 0) is 42.2 Å². The molecular formula is C31H32F6N4O4. The van der Waals surface area contributed by atoms with Crippen LogP contribution in [0.4, 0.5) is 31.1 Å². The Labute approximate surface area is 255 Å². The normalized spacial score (nSPS) is 21.2. The number of hydrogen-bond acceptors (Lipinski definition) is 5. The Morgan fingerprint density at radius 3 is 2.20 bits per heavy atom. The lowest BCUT2D eigenvalue weighted by molar-refractivity contribution is -0.169. The number of piperazine rings is 1. The minimum Gasteiger partial charge on any atom is -0.444 e. The summed E-state index contributed by atoms with van der Waals surface area (Å²) in [6.45, 7) is 1.25. The summed E-state index contributed by atoms with van der Waals surface area (Å²) in [5.74, 6) is -0.595. The molecule has 2 aromatic rings. The molecule has 242 valence electrons. The Morgan fingerprint density at radius 2 is 1.58 bits per heavy atom. The van der Waals surface area contributed by atoms with Gasteiger partial charge in [0.2, 0.25) is 11.8 Å². The molecule has 3 aliphatic heterocycles. The van der Waals surface area contributed by atoms with Gasteiger partial charge in [0.05, 0.1) is 17.7 Å². The molecule has 2 saturated heterocycles. The summed E-state index contributed by atoms with van der Waals surface area (Å²) < 4.78 is 85.2. The molecule has 0 bridgehead atoms. The molecule has 0 N–H and O–H groups in total. The van der Waals surface area contributed by atoms with Gasteiger partial charge in [0.15, 0.2) is 0 Å². The van der Waals surface area contributed by atoms with Crippen molar-refractivity contribution < 1.29 is 45.5 Å². The van der Waals surface area contributed by atoms with Crippen LogP contribution in [0.1, 0.15) is 41.5 Å². The average Bonchev–Trinajstić information content (AvgIpc) is 3.00. The molecular weight excluding hydrogens is 606 g/mol. The van der Waals surface area contributed by atoms with E-state index in [1.54, 1.807) is 4.90 Å². The quantitative estimate of drug-likeness (QED) is 0.305. The van der Waals surface area contributed by atoms with E-state index >= 15 is 0 Å². The summed E-state index contributed by atoms with van der Waals surface area (Å²) in [4.78, 5) is 46.7. The number of alkyl halides is 6. The van der Waals surface area contributed by atoms with Gasteiger partial charge in [-0.25, -0.2) is 4.79 Å². The van der Waals surface area contributed by atoms with E-state index in [1.165, 1.54) is 9.80 Å². The van der Waals surface area contributed by atoms with Crippen LogP contribution in [0.2, 0.25) is 0 Å². The van der Waals surface area contributed by atoms with Crippen molar-refractivity contribution in [1.29, 1.82) is 0 Å². The van der Waals surface area contributed by atoms with Crippen LogP contribution in [-0.4, -0.2) is 82.4 Å². The van der Waals surface area contributed by atoms with Gasteiger partial charge in [0, 0.05) is 39.1 Å². The van der Waals surface area contributed by atoms with E-state index in [0.717, 1.165) is 18.5 Å². The number of carbonyl (C=O) groups excluding carboxylic acids is 3. The summed E-state index contributed by atoms with van der Waals surface area (Å²) in [6.07, 6.45) is -6.90. The highest BCUT2D eigenvalue weighted by molar-refractivity contribution is 5.90. The van der Waals surface area contributed by atoms with Crippen LogP contribution >= 0.6 is 0 Å². The predicted octanol–water partition coefficient (Wildman–Crippen LogP) is 5.28. The number of ether oxygens (including phenoxy) is 1. The van der Waals surface area contributed by atoms with Crippen molar-refractivity contribution in [3.05, 3.63) is 82.9 Å². The fourth-order valence-corrected chi connectivity index (χ4v) is 5.95. The Kier molecular flexibility index (Phi) is 9.42. The third kappa shape index (κ3) is 7.60. The molecule has 0 saturated carbocycles. The van der Waals surface area contributed by atoms with Crippen molar-refractivity contribution in [3.8, 4) is 0 Å². The zero-order valence-corrected chi connectivity index (χ0v) is 24.2. The molecule has 0 radical (unpaired) electrons. The number of carbonyl (C=O) groups is 3. The maximum absolute atomic E-state index is 13.8. The second-order valence-electron chi connectivity index (χ2n) is 11.3. The number of halogens is 6. The van der Waals surface area contributed by atoms with Crippen LogP contribution in [0.25, 0.3) is 0 Å². The molecule has 2 atom stereocenters. The summed E-state index contributed by atoms with van der Waals surface area (Å²) in [5, 5.41) is 0. The number of benzene rings is 2. The van der Waals surface area contributed by atoms with Crippen molar-refractivity contribution in [3.63, 3.8) is 0 Å². The second-order valence-corrected chi connectivity index (χ2v) is 11.3. The van der Waals surface area contributed by atoms with Crippen LogP contribution in [-0.2, 0) is 39.8 Å². The first-order chi connectivity index (χ1) is 21.3. The molecule has 2 fully saturated rings. The van der Waals surface area contributed by atoms with Crippen molar-refractivity contribution in [2.45, 2.75) is 57.0 Å². The van der Waals surface area contributed by atoms with Gasteiger partial charge in [-0.3, -0.25) is 19.4 Å². The van der Waals surface area contributed by atoms with E-state index in [-0.39, 0.29) is 43.9 Å². The zero-order chi connectivity index (χ0) is 32.4. The van der Waals surface area contributed by atoms with Crippen LogP contribution in [0.3, 0.4) is 0 Å². The summed E-state index contributed by atoms with van der Waals surface area (Å²) in [5.41, 5.74) is -2.70. The van der Waals surface area contributed by atoms with Crippen molar-refractivity contribution in [2.24, 2.45) is 0 Å². The maximum Gasteiger partial charge on any atom is 0.416 e. The molecule has 8 nitrogen and oxygen atoms in total. The fourth-order valence-electron chi connectivity index (χ4n) is 5.95. The van der Waals surface area contributed by atoms with Crippen LogP contribution in [0.15, 0.2) is 60.7 Å². The van der Waals surface area contributed by atoms with Crippen molar-refractivity contribution >= 4 is 17.9 Å². The molecule has 2 aromatic carbocycles. The molecule has 3 amide bonds. The smallest absolute Gasteiger partial charge is 0.416 e. The molecule has 0 unspecified atom stereocenters. The third-order valence-electron chi connectivity index (χ3n) is 8.17. The number of hydrogen-bond donors (Lipinski definition) is 0. The second kappa shape index (κ2) is 13.1. The van der Waals surface area contributed by atoms with E-state index in [4.69, 9.17) is 4.74 Å². The first kappa shape index (κ1) is 32.3. The largest absolute Gasteiger partial charge is 0.444 e. The number of nitrogens with zero attached hydrogens (tertiary/aromatic N) is 4. The lowest BCUT2D eigenvalue weighted by Crippen LogP contribution is -2.71. The summed E-state index contributed by atoms with van der Waals surface area (Å²) in [6, 6.07) is 9.29. The predicted molar refractivity (Wildman–Crippen MR) is 149 cm³/mol. The minimum atomic E-state index is -5.05. The van der Waals surface area contributed by atoms with Crippen LogP contribution < -0.4 is 0 Å². The molecule has 0 aliphatic carbocycles. The van der Waals surface area contributed by atoms with Gasteiger partial charge < -0.3 is 14.5 Å². The summed E-state index contributed by atoms with van der Waals surface area (Å²) in [7, 11) is 0. The average molecular weight is 639 g/mol. The monoisotopic (exact) mass is 638 g/mol. The molecule has 14 heteroatoms. The standard InChI is InChI=1S/C31H32F6N4O4/c32-30(33,34)23-15-22(16-24(17-23)31(35,36)37)20-45-29(44)40-14-10-27(42)41-25(9-13-38-11-5-2-6-12-38)28(43)39(19-26(40)41)18-21-7-3-1-4-8-21/h1-5,7-8,15-17,25-26H,6,9-14,18-20H2/t25-,26+/m0/s1. The number of fused-ring (bicyclic) bond motifs is 1. The number of rotatable bonds is 7. The van der Waals surface area contributed by atoms with Crippen molar-refractivity contribution in [1.82, 2.24) is 19.6 Å². The molecule has 3 heterocycles. The highest BCUT2D eigenvalue weighted by atomic mass is 19.4. The van der Waals surface area contributed by atoms with Gasteiger partial charge in [0.25, 0.3) is 0 Å². The van der Waals surface area contributed by atoms with E-state index in [2.05, 4.69) is 11.0 Å². The first-order valence-electron chi connectivity index (χ1n) is 14.5.